The third kappa shape index (κ3) is 4.30. The van der Waals surface area contributed by atoms with Gasteiger partial charge in [-0.15, -0.1) is 0 Å². The lowest BCUT2D eigenvalue weighted by atomic mass is 10.1. The van der Waals surface area contributed by atoms with E-state index in [2.05, 4.69) is 0 Å². The van der Waals surface area contributed by atoms with Crippen LogP contribution in [0.2, 0.25) is 0 Å². The number of esters is 1. The van der Waals surface area contributed by atoms with Crippen molar-refractivity contribution in [2.45, 2.75) is 24.8 Å². The minimum atomic E-state index is -3.85. The summed E-state index contributed by atoms with van der Waals surface area (Å²) in [7, 11) is -2.35. The molecule has 1 atom stereocenters. The molecule has 0 aliphatic rings. The first kappa shape index (κ1) is 15.6. The lowest BCUT2D eigenvalue weighted by Gasteiger charge is -2.13. The molecule has 0 radical (unpaired) electrons. The normalized spacial score (nSPS) is 13.1. The molecule has 2 N–H and O–H groups in total. The van der Waals surface area contributed by atoms with Gasteiger partial charge in [-0.3, -0.25) is 0 Å². The Hall–Kier alpha value is -1.44. The van der Waals surface area contributed by atoms with Gasteiger partial charge in [0.05, 0.1) is 17.1 Å². The quantitative estimate of drug-likeness (QED) is 0.809. The predicted molar refractivity (Wildman–Crippen MR) is 69.3 cm³/mol. The molecule has 0 aromatic heterocycles. The molecule has 6 nitrogen and oxygen atoms in total. The van der Waals surface area contributed by atoms with Crippen LogP contribution in [0.4, 0.5) is 0 Å². The molecule has 1 aromatic carbocycles. The van der Waals surface area contributed by atoms with Gasteiger partial charge in [-0.1, -0.05) is 6.07 Å². The fraction of sp³-hybridized carbons (Fsp3) is 0.417. The molecule has 1 aromatic rings. The highest BCUT2D eigenvalue weighted by Gasteiger charge is 2.17. The number of hydrogen-bond acceptors (Lipinski definition) is 5. The number of aryl methyl sites for hydroxylation is 1. The number of methoxy groups -OCH3 is 1. The van der Waals surface area contributed by atoms with Crippen LogP contribution in [0.1, 0.15) is 22.8 Å². The van der Waals surface area contributed by atoms with Crippen LogP contribution in [0.5, 0.6) is 0 Å². The highest BCUT2D eigenvalue weighted by Crippen LogP contribution is 2.16. The molecule has 1 rings (SSSR count). The third-order valence-corrected chi connectivity index (χ3v) is 3.38. The first-order valence-electron chi connectivity index (χ1n) is 5.59. The maximum Gasteiger partial charge on any atom is 0.338 e. The van der Waals surface area contributed by atoms with Gasteiger partial charge in [0.25, 0.3) is 0 Å². The van der Waals surface area contributed by atoms with Crippen molar-refractivity contribution in [3.8, 4) is 0 Å². The number of carbonyl (C=O) groups excluding carboxylic acids is 1. The van der Waals surface area contributed by atoms with E-state index < -0.39 is 22.1 Å². The lowest BCUT2D eigenvalue weighted by Crippen LogP contribution is -2.21. The van der Waals surface area contributed by atoms with Crippen LogP contribution in [-0.4, -0.2) is 34.2 Å². The predicted octanol–water partition coefficient (Wildman–Crippen LogP) is 0.834. The zero-order valence-electron chi connectivity index (χ0n) is 11.0. The molecule has 0 bridgehead atoms. The summed E-state index contributed by atoms with van der Waals surface area (Å²) in [5.41, 5.74) is 0.788. The topological polar surface area (TPSA) is 95.7 Å². The van der Waals surface area contributed by atoms with E-state index in [0.29, 0.717) is 5.56 Å². The average Bonchev–Trinajstić information content (AvgIpc) is 2.27. The maximum absolute atomic E-state index is 11.9. The summed E-state index contributed by atoms with van der Waals surface area (Å²) < 4.78 is 32.5. The van der Waals surface area contributed by atoms with Gasteiger partial charge in [-0.25, -0.2) is 18.4 Å². The molecule has 0 aliphatic heterocycles. The lowest BCUT2D eigenvalue weighted by molar-refractivity contribution is 0.0119. The maximum atomic E-state index is 11.9. The Labute approximate surface area is 112 Å². The van der Waals surface area contributed by atoms with Crippen molar-refractivity contribution >= 4 is 16.0 Å². The summed E-state index contributed by atoms with van der Waals surface area (Å²) >= 11 is 0. The first-order valence-corrected chi connectivity index (χ1v) is 7.13. The van der Waals surface area contributed by atoms with Crippen LogP contribution in [0.15, 0.2) is 23.1 Å². The second-order valence-electron chi connectivity index (χ2n) is 4.19. The molecular formula is C12H17NO5S. The molecule has 0 heterocycles. The minimum absolute atomic E-state index is 0.121. The van der Waals surface area contributed by atoms with Crippen LogP contribution in [0, 0.1) is 6.92 Å². The second-order valence-corrected chi connectivity index (χ2v) is 5.75. The van der Waals surface area contributed by atoms with E-state index in [1.807, 2.05) is 0 Å². The highest BCUT2D eigenvalue weighted by molar-refractivity contribution is 7.89. The van der Waals surface area contributed by atoms with Crippen molar-refractivity contribution in [1.82, 2.24) is 0 Å². The van der Waals surface area contributed by atoms with Crippen LogP contribution in [0.25, 0.3) is 0 Å². The van der Waals surface area contributed by atoms with Gasteiger partial charge in [0.15, 0.2) is 0 Å². The fourth-order valence-corrected chi connectivity index (χ4v) is 2.05. The Morgan fingerprint density at radius 1 is 1.42 bits per heavy atom. The van der Waals surface area contributed by atoms with Crippen molar-refractivity contribution < 1.29 is 22.7 Å². The zero-order valence-corrected chi connectivity index (χ0v) is 11.9. The molecule has 0 spiro atoms. The standard InChI is InChI=1S/C12H17NO5S/c1-8-4-5-10(19(13,15)16)6-11(8)12(14)18-9(2)7-17-3/h4-6,9H,7H2,1-3H3,(H2,13,15,16). The third-order valence-electron chi connectivity index (χ3n) is 2.47. The SMILES string of the molecule is COCC(C)OC(=O)c1cc(S(N)(=O)=O)ccc1C. The average molecular weight is 287 g/mol. The number of carbonyl (C=O) groups is 1. The van der Waals surface area contributed by atoms with Crippen molar-refractivity contribution in [1.29, 1.82) is 0 Å². The van der Waals surface area contributed by atoms with Crippen LogP contribution in [0.3, 0.4) is 0 Å². The Balaban J connectivity index is 3.03. The molecule has 7 heteroatoms. The summed E-state index contributed by atoms with van der Waals surface area (Å²) in [6.45, 7) is 3.63. The highest BCUT2D eigenvalue weighted by atomic mass is 32.2. The van der Waals surface area contributed by atoms with Crippen LogP contribution >= 0.6 is 0 Å². The monoisotopic (exact) mass is 287 g/mol. The summed E-state index contributed by atoms with van der Waals surface area (Å²) in [4.78, 5) is 11.8. The largest absolute Gasteiger partial charge is 0.457 e. The first-order chi connectivity index (χ1) is 8.75. The number of primary sulfonamides is 1. The summed E-state index contributed by atoms with van der Waals surface area (Å²) in [6.07, 6.45) is -0.421. The molecular weight excluding hydrogens is 270 g/mol. The van der Waals surface area contributed by atoms with Crippen molar-refractivity contribution in [2.75, 3.05) is 13.7 Å². The van der Waals surface area contributed by atoms with E-state index in [-0.39, 0.29) is 17.1 Å². The number of ether oxygens (including phenoxy) is 2. The molecule has 0 amide bonds. The van der Waals surface area contributed by atoms with Gasteiger partial charge in [-0.05, 0) is 31.5 Å². The summed E-state index contributed by atoms with van der Waals surface area (Å²) in [6, 6.07) is 4.07. The van der Waals surface area contributed by atoms with Gasteiger partial charge >= 0.3 is 5.97 Å². The molecule has 0 saturated carbocycles. The minimum Gasteiger partial charge on any atom is -0.457 e. The number of rotatable bonds is 5. The Morgan fingerprint density at radius 2 is 2.05 bits per heavy atom. The Bertz CT molecular complexity index is 567. The molecule has 19 heavy (non-hydrogen) atoms. The van der Waals surface area contributed by atoms with Gasteiger partial charge < -0.3 is 9.47 Å². The van der Waals surface area contributed by atoms with Crippen LogP contribution in [-0.2, 0) is 19.5 Å². The fourth-order valence-electron chi connectivity index (χ4n) is 1.51. The zero-order chi connectivity index (χ0) is 14.6. The molecule has 0 saturated heterocycles. The molecule has 106 valence electrons. The number of hydrogen-bond donors (Lipinski definition) is 1. The van der Waals surface area contributed by atoms with Crippen molar-refractivity contribution in [2.24, 2.45) is 5.14 Å². The van der Waals surface area contributed by atoms with Gasteiger partial charge in [-0.2, -0.15) is 0 Å². The van der Waals surface area contributed by atoms with E-state index >= 15 is 0 Å². The van der Waals surface area contributed by atoms with E-state index in [0.717, 1.165) is 0 Å². The molecule has 1 unspecified atom stereocenters. The smallest absolute Gasteiger partial charge is 0.338 e. The van der Waals surface area contributed by atoms with Crippen molar-refractivity contribution in [3.63, 3.8) is 0 Å². The van der Waals surface area contributed by atoms with Gasteiger partial charge in [0, 0.05) is 7.11 Å². The van der Waals surface area contributed by atoms with Gasteiger partial charge in [0.2, 0.25) is 10.0 Å². The number of benzene rings is 1. The molecule has 0 aliphatic carbocycles. The Morgan fingerprint density at radius 3 is 2.58 bits per heavy atom. The van der Waals surface area contributed by atoms with E-state index in [1.54, 1.807) is 13.8 Å². The Kier molecular flexibility index (Phi) is 5.04. The van der Waals surface area contributed by atoms with E-state index in [9.17, 15) is 13.2 Å². The van der Waals surface area contributed by atoms with Crippen LogP contribution < -0.4 is 5.14 Å². The summed E-state index contributed by atoms with van der Waals surface area (Å²) in [5, 5.41) is 5.02. The van der Waals surface area contributed by atoms with E-state index in [1.165, 1.54) is 25.3 Å². The number of nitrogens with two attached hydrogens (primary N) is 1. The van der Waals surface area contributed by atoms with Gasteiger partial charge in [0.1, 0.15) is 6.10 Å². The molecule has 0 fully saturated rings. The van der Waals surface area contributed by atoms with E-state index in [4.69, 9.17) is 14.6 Å². The van der Waals surface area contributed by atoms with Crippen molar-refractivity contribution in [3.05, 3.63) is 29.3 Å². The number of sulfonamides is 1. The second kappa shape index (κ2) is 6.14. The summed E-state index contributed by atoms with van der Waals surface area (Å²) in [5.74, 6) is -0.604.